The number of nitrogens with one attached hydrogen (secondary N) is 2. The van der Waals surface area contributed by atoms with Gasteiger partial charge < -0.3 is 5.32 Å². The van der Waals surface area contributed by atoms with Crippen molar-refractivity contribution in [1.29, 1.82) is 0 Å². The Morgan fingerprint density at radius 3 is 2.67 bits per heavy atom. The molecule has 0 fully saturated rings. The molecule has 2 N–H and O–H groups in total. The largest absolute Gasteiger partial charge is 0.341 e. The molecule has 2 aromatic rings. The number of halogens is 1. The predicted molar refractivity (Wildman–Crippen MR) is 95.4 cm³/mol. The van der Waals surface area contributed by atoms with Crippen molar-refractivity contribution < 1.29 is 9.18 Å². The van der Waals surface area contributed by atoms with Crippen LogP contribution in [0.4, 0.5) is 15.0 Å². The Morgan fingerprint density at radius 1 is 1.29 bits per heavy atom. The summed E-state index contributed by atoms with van der Waals surface area (Å²) in [7, 11) is 1.55. The van der Waals surface area contributed by atoms with Gasteiger partial charge in [0.05, 0.1) is 0 Å². The number of unbranched alkanes of at least 4 members (excludes halogenated alkanes) is 1. The zero-order valence-electron chi connectivity index (χ0n) is 14.2. The highest BCUT2D eigenvalue weighted by Gasteiger charge is 2.10. The monoisotopic (exact) mass is 327 g/mol. The van der Waals surface area contributed by atoms with E-state index in [1.54, 1.807) is 25.4 Å². The van der Waals surface area contributed by atoms with E-state index in [4.69, 9.17) is 0 Å². The van der Waals surface area contributed by atoms with Crippen molar-refractivity contribution in [2.75, 3.05) is 12.4 Å². The predicted octanol–water partition coefficient (Wildman–Crippen LogP) is 4.51. The lowest BCUT2D eigenvalue weighted by Gasteiger charge is -2.12. The van der Waals surface area contributed by atoms with E-state index in [0.29, 0.717) is 5.82 Å². The molecule has 1 aromatic carbocycles. The molecule has 0 aliphatic carbocycles. The topological polar surface area (TPSA) is 54.0 Å². The second-order valence-electron chi connectivity index (χ2n) is 5.50. The lowest BCUT2D eigenvalue weighted by molar-refractivity contribution is 0.254. The van der Waals surface area contributed by atoms with Crippen molar-refractivity contribution in [3.8, 4) is 0 Å². The second kappa shape index (κ2) is 8.24. The molecule has 0 spiro atoms. The second-order valence-corrected chi connectivity index (χ2v) is 5.50. The summed E-state index contributed by atoms with van der Waals surface area (Å²) in [5.41, 5.74) is 3.82. The first-order valence-electron chi connectivity index (χ1n) is 7.97. The quantitative estimate of drug-likeness (QED) is 0.849. The first-order chi connectivity index (χ1) is 11.5. The number of anilines is 1. The first kappa shape index (κ1) is 17.7. The van der Waals surface area contributed by atoms with E-state index in [1.165, 1.54) is 12.1 Å². The number of pyridine rings is 1. The van der Waals surface area contributed by atoms with Gasteiger partial charge in [0.25, 0.3) is 0 Å². The van der Waals surface area contributed by atoms with Crippen LogP contribution >= 0.6 is 0 Å². The molecule has 0 aliphatic heterocycles. The van der Waals surface area contributed by atoms with E-state index >= 15 is 0 Å². The summed E-state index contributed by atoms with van der Waals surface area (Å²) >= 11 is 0. The Balaban J connectivity index is 2.36. The number of hydrogen-bond acceptors (Lipinski definition) is 2. The van der Waals surface area contributed by atoms with Crippen LogP contribution in [0.3, 0.4) is 0 Å². The number of hydrogen-bond donors (Lipinski definition) is 2. The summed E-state index contributed by atoms with van der Waals surface area (Å²) in [5, 5.41) is 5.11. The van der Waals surface area contributed by atoms with Gasteiger partial charge in [-0.2, -0.15) is 0 Å². The smallest absolute Gasteiger partial charge is 0.320 e. The molecule has 126 valence electrons. The molecule has 0 saturated heterocycles. The number of aromatic nitrogens is 1. The fraction of sp³-hybridized carbons (Fsp3) is 0.263. The van der Waals surface area contributed by atoms with Crippen LogP contribution in [-0.4, -0.2) is 18.1 Å². The zero-order chi connectivity index (χ0) is 17.5. The SMILES string of the molecule is CCC/C=C(/c1ccc(NC(=O)NC)nc1)c1ccc(F)cc1C. The molecular weight excluding hydrogens is 305 g/mol. The van der Waals surface area contributed by atoms with Crippen LogP contribution in [0.15, 0.2) is 42.6 Å². The van der Waals surface area contributed by atoms with E-state index in [0.717, 1.165) is 35.1 Å². The molecule has 0 aliphatic rings. The van der Waals surface area contributed by atoms with Crippen molar-refractivity contribution in [1.82, 2.24) is 10.3 Å². The molecule has 1 heterocycles. The molecule has 0 radical (unpaired) electrons. The lowest BCUT2D eigenvalue weighted by atomic mass is 9.94. The highest BCUT2D eigenvalue weighted by Crippen LogP contribution is 2.27. The molecule has 2 amide bonds. The van der Waals surface area contributed by atoms with Crippen LogP contribution in [0, 0.1) is 12.7 Å². The van der Waals surface area contributed by atoms with Crippen LogP contribution in [0.2, 0.25) is 0 Å². The summed E-state index contributed by atoms with van der Waals surface area (Å²) in [6.07, 6.45) is 5.80. The lowest BCUT2D eigenvalue weighted by Crippen LogP contribution is -2.24. The number of nitrogens with zero attached hydrogens (tertiary/aromatic N) is 1. The number of rotatable bonds is 5. The summed E-state index contributed by atoms with van der Waals surface area (Å²) in [6, 6.07) is 8.14. The van der Waals surface area contributed by atoms with Gasteiger partial charge in [0.1, 0.15) is 11.6 Å². The van der Waals surface area contributed by atoms with Crippen molar-refractivity contribution in [2.45, 2.75) is 26.7 Å². The van der Waals surface area contributed by atoms with E-state index in [9.17, 15) is 9.18 Å². The van der Waals surface area contributed by atoms with E-state index in [1.807, 2.05) is 13.0 Å². The minimum absolute atomic E-state index is 0.241. The summed E-state index contributed by atoms with van der Waals surface area (Å²) in [5.74, 6) is 0.234. The minimum atomic E-state index is -0.314. The van der Waals surface area contributed by atoms with Gasteiger partial charge in [-0.3, -0.25) is 5.32 Å². The van der Waals surface area contributed by atoms with Crippen molar-refractivity contribution in [2.24, 2.45) is 0 Å². The molecule has 0 atom stereocenters. The zero-order valence-corrected chi connectivity index (χ0v) is 14.2. The number of carbonyl (C=O) groups excluding carboxylic acids is 1. The number of carbonyl (C=O) groups is 1. The summed E-state index contributed by atoms with van der Waals surface area (Å²) in [6.45, 7) is 4.01. The maximum atomic E-state index is 13.4. The highest BCUT2D eigenvalue weighted by molar-refractivity contribution is 5.88. The molecule has 24 heavy (non-hydrogen) atoms. The fourth-order valence-corrected chi connectivity index (χ4v) is 2.41. The van der Waals surface area contributed by atoms with Gasteiger partial charge in [-0.1, -0.05) is 25.5 Å². The molecule has 0 saturated carbocycles. The van der Waals surface area contributed by atoms with Crippen LogP contribution in [0.1, 0.15) is 36.5 Å². The Morgan fingerprint density at radius 2 is 2.08 bits per heavy atom. The number of allylic oxidation sites excluding steroid dienone is 1. The van der Waals surface area contributed by atoms with Crippen molar-refractivity contribution in [3.05, 3.63) is 65.1 Å². The maximum Gasteiger partial charge on any atom is 0.320 e. The number of aryl methyl sites for hydroxylation is 1. The van der Waals surface area contributed by atoms with Crippen LogP contribution in [0.25, 0.3) is 5.57 Å². The van der Waals surface area contributed by atoms with E-state index in [2.05, 4.69) is 28.6 Å². The van der Waals surface area contributed by atoms with Crippen LogP contribution in [0.5, 0.6) is 0 Å². The molecule has 2 rings (SSSR count). The normalized spacial score (nSPS) is 11.2. The van der Waals surface area contributed by atoms with Gasteiger partial charge in [-0.05, 0) is 54.3 Å². The summed E-state index contributed by atoms with van der Waals surface area (Å²) < 4.78 is 13.4. The Hall–Kier alpha value is -2.69. The van der Waals surface area contributed by atoms with Crippen molar-refractivity contribution >= 4 is 17.4 Å². The van der Waals surface area contributed by atoms with Crippen LogP contribution < -0.4 is 10.6 Å². The maximum absolute atomic E-state index is 13.4. The van der Waals surface area contributed by atoms with Gasteiger partial charge in [0.2, 0.25) is 0 Å². The van der Waals surface area contributed by atoms with Gasteiger partial charge in [-0.25, -0.2) is 14.2 Å². The molecule has 1 aromatic heterocycles. The fourth-order valence-electron chi connectivity index (χ4n) is 2.41. The van der Waals surface area contributed by atoms with E-state index < -0.39 is 0 Å². The minimum Gasteiger partial charge on any atom is -0.341 e. The average Bonchev–Trinajstić information content (AvgIpc) is 2.57. The van der Waals surface area contributed by atoms with Gasteiger partial charge in [-0.15, -0.1) is 0 Å². The van der Waals surface area contributed by atoms with Crippen LogP contribution in [-0.2, 0) is 0 Å². The Labute approximate surface area is 141 Å². The van der Waals surface area contributed by atoms with Gasteiger partial charge in [0, 0.05) is 18.8 Å². The number of urea groups is 1. The standard InChI is InChI=1S/C19H22FN3O/c1-4-5-6-17(16-9-8-15(20)11-13(16)2)14-7-10-18(22-12-14)23-19(24)21-3/h6-12H,4-5H2,1-3H3,(H2,21,22,23,24)/b17-6-. The molecule has 5 heteroatoms. The first-order valence-corrected chi connectivity index (χ1v) is 7.97. The highest BCUT2D eigenvalue weighted by atomic mass is 19.1. The van der Waals surface area contributed by atoms with E-state index in [-0.39, 0.29) is 11.8 Å². The Kier molecular flexibility index (Phi) is 6.07. The number of benzene rings is 1. The summed E-state index contributed by atoms with van der Waals surface area (Å²) in [4.78, 5) is 15.6. The Bertz CT molecular complexity index is 739. The molecular formula is C19H22FN3O. The van der Waals surface area contributed by atoms with Crippen molar-refractivity contribution in [3.63, 3.8) is 0 Å². The molecule has 4 nitrogen and oxygen atoms in total. The third-order valence-electron chi connectivity index (χ3n) is 3.66. The molecule has 0 unspecified atom stereocenters. The van der Waals surface area contributed by atoms with Gasteiger partial charge >= 0.3 is 6.03 Å². The van der Waals surface area contributed by atoms with Gasteiger partial charge in [0.15, 0.2) is 0 Å². The number of amides is 2. The molecule has 0 bridgehead atoms. The third kappa shape index (κ3) is 4.41. The third-order valence-corrected chi connectivity index (χ3v) is 3.66. The average molecular weight is 327 g/mol.